The molecule has 2 aromatic carbocycles. The molecule has 8 heteroatoms. The highest BCUT2D eigenvalue weighted by molar-refractivity contribution is 6.03. The van der Waals surface area contributed by atoms with Crippen molar-refractivity contribution in [1.29, 1.82) is 0 Å². The minimum atomic E-state index is -0.623. The number of hydrogen-bond donors (Lipinski definition) is 2. The molecule has 8 nitrogen and oxygen atoms in total. The van der Waals surface area contributed by atoms with Gasteiger partial charge in [0, 0.05) is 17.9 Å². The van der Waals surface area contributed by atoms with E-state index in [1.807, 2.05) is 0 Å². The molecule has 0 unspecified atom stereocenters. The molecule has 29 heavy (non-hydrogen) atoms. The van der Waals surface area contributed by atoms with Gasteiger partial charge in [-0.05, 0) is 43.2 Å². The fourth-order valence-corrected chi connectivity index (χ4v) is 3.70. The van der Waals surface area contributed by atoms with Gasteiger partial charge in [-0.25, -0.2) is 4.79 Å². The molecule has 0 spiro atoms. The number of rotatable bonds is 4. The Balaban J connectivity index is 1.49. The van der Waals surface area contributed by atoms with Gasteiger partial charge < -0.3 is 20.1 Å². The standard InChI is InChI=1S/C21H21N3O5/c25-18-9-2-1-7-16(18)20(27)24-10-4-8-17(24)19(26)22-14-5-3-6-15(13-14)23-11-12-29-21(23)28/h1-3,5-7,9,13,17,25H,4,8,10-12H2,(H,22,26)/t17-/m0/s1. The lowest BCUT2D eigenvalue weighted by atomic mass is 10.1. The van der Waals surface area contributed by atoms with Crippen molar-refractivity contribution in [2.24, 2.45) is 0 Å². The van der Waals surface area contributed by atoms with Gasteiger partial charge in [-0.2, -0.15) is 0 Å². The lowest BCUT2D eigenvalue weighted by Crippen LogP contribution is -2.43. The third-order valence-corrected chi connectivity index (χ3v) is 5.14. The summed E-state index contributed by atoms with van der Waals surface area (Å²) in [5.74, 6) is -0.768. The Bertz CT molecular complexity index is 961. The van der Waals surface area contributed by atoms with Crippen molar-refractivity contribution < 1.29 is 24.2 Å². The second-order valence-corrected chi connectivity index (χ2v) is 6.98. The Hall–Kier alpha value is -3.55. The van der Waals surface area contributed by atoms with Crippen molar-refractivity contribution in [2.45, 2.75) is 18.9 Å². The zero-order valence-corrected chi connectivity index (χ0v) is 15.7. The van der Waals surface area contributed by atoms with Gasteiger partial charge in [-0.1, -0.05) is 18.2 Å². The largest absolute Gasteiger partial charge is 0.507 e. The van der Waals surface area contributed by atoms with Crippen LogP contribution in [0.25, 0.3) is 0 Å². The molecule has 4 rings (SSSR count). The van der Waals surface area contributed by atoms with Crippen LogP contribution in [0.4, 0.5) is 16.2 Å². The molecule has 1 atom stereocenters. The van der Waals surface area contributed by atoms with E-state index >= 15 is 0 Å². The monoisotopic (exact) mass is 395 g/mol. The summed E-state index contributed by atoms with van der Waals surface area (Å²) in [6.45, 7) is 1.24. The summed E-state index contributed by atoms with van der Waals surface area (Å²) >= 11 is 0. The number of anilines is 2. The Kier molecular flexibility index (Phi) is 5.07. The van der Waals surface area contributed by atoms with Crippen molar-refractivity contribution in [3.8, 4) is 5.75 Å². The second-order valence-electron chi connectivity index (χ2n) is 6.98. The number of nitrogens with zero attached hydrogens (tertiary/aromatic N) is 2. The minimum absolute atomic E-state index is 0.103. The molecule has 2 aliphatic heterocycles. The first kappa shape index (κ1) is 18.8. The quantitative estimate of drug-likeness (QED) is 0.829. The molecule has 2 aliphatic rings. The number of ether oxygens (including phenoxy) is 1. The molecule has 2 fully saturated rings. The third-order valence-electron chi connectivity index (χ3n) is 5.14. The number of likely N-dealkylation sites (tertiary alicyclic amines) is 1. The summed E-state index contributed by atoms with van der Waals surface area (Å²) in [7, 11) is 0. The summed E-state index contributed by atoms with van der Waals surface area (Å²) in [6.07, 6.45) is 0.837. The van der Waals surface area contributed by atoms with Crippen LogP contribution in [-0.4, -0.2) is 53.7 Å². The molecule has 0 saturated carbocycles. The first-order valence-corrected chi connectivity index (χ1v) is 9.49. The summed E-state index contributed by atoms with van der Waals surface area (Å²) < 4.78 is 4.95. The van der Waals surface area contributed by atoms with E-state index in [9.17, 15) is 19.5 Å². The number of aromatic hydroxyl groups is 1. The number of para-hydroxylation sites is 1. The lowest BCUT2D eigenvalue weighted by molar-refractivity contribution is -0.119. The van der Waals surface area contributed by atoms with Crippen LogP contribution < -0.4 is 10.2 Å². The number of benzene rings is 2. The highest BCUT2D eigenvalue weighted by Gasteiger charge is 2.35. The average Bonchev–Trinajstić information content (AvgIpc) is 3.37. The lowest BCUT2D eigenvalue weighted by Gasteiger charge is -2.24. The van der Waals surface area contributed by atoms with Crippen LogP contribution in [-0.2, 0) is 9.53 Å². The van der Waals surface area contributed by atoms with Gasteiger partial charge in [-0.3, -0.25) is 14.5 Å². The molecule has 2 N–H and O–H groups in total. The zero-order valence-electron chi connectivity index (χ0n) is 15.7. The minimum Gasteiger partial charge on any atom is -0.507 e. The van der Waals surface area contributed by atoms with Crippen LogP contribution in [0.1, 0.15) is 23.2 Å². The molecule has 2 heterocycles. The van der Waals surface area contributed by atoms with E-state index < -0.39 is 12.1 Å². The van der Waals surface area contributed by atoms with E-state index in [0.717, 1.165) is 0 Å². The van der Waals surface area contributed by atoms with Gasteiger partial charge in [0.15, 0.2) is 0 Å². The van der Waals surface area contributed by atoms with Crippen LogP contribution in [0, 0.1) is 0 Å². The van der Waals surface area contributed by atoms with Crippen LogP contribution in [0.3, 0.4) is 0 Å². The number of carbonyl (C=O) groups excluding carboxylic acids is 3. The van der Waals surface area contributed by atoms with Crippen molar-refractivity contribution >= 4 is 29.3 Å². The number of nitrogens with one attached hydrogen (secondary N) is 1. The van der Waals surface area contributed by atoms with E-state index in [4.69, 9.17) is 4.74 Å². The van der Waals surface area contributed by atoms with Gasteiger partial charge >= 0.3 is 6.09 Å². The Morgan fingerprint density at radius 1 is 1.10 bits per heavy atom. The number of cyclic esters (lactones) is 1. The molecule has 0 aliphatic carbocycles. The highest BCUT2D eigenvalue weighted by Crippen LogP contribution is 2.26. The maximum absolute atomic E-state index is 12.9. The van der Waals surface area contributed by atoms with Gasteiger partial charge in [0.2, 0.25) is 5.91 Å². The third kappa shape index (κ3) is 3.73. The van der Waals surface area contributed by atoms with E-state index in [1.54, 1.807) is 42.5 Å². The number of hydrogen-bond acceptors (Lipinski definition) is 5. The van der Waals surface area contributed by atoms with Crippen molar-refractivity contribution in [2.75, 3.05) is 29.9 Å². The molecule has 3 amide bonds. The first-order valence-electron chi connectivity index (χ1n) is 9.49. The number of carbonyl (C=O) groups is 3. The van der Waals surface area contributed by atoms with E-state index in [2.05, 4.69) is 5.32 Å². The fraction of sp³-hybridized carbons (Fsp3) is 0.286. The fourth-order valence-electron chi connectivity index (χ4n) is 3.70. The number of amides is 3. The predicted octanol–water partition coefficient (Wildman–Crippen LogP) is 2.59. The SMILES string of the molecule is O=C(Nc1cccc(N2CCOC2=O)c1)[C@@H]1CCCN1C(=O)c1ccccc1O. The predicted molar refractivity (Wildman–Crippen MR) is 106 cm³/mol. The smallest absolute Gasteiger partial charge is 0.414 e. The van der Waals surface area contributed by atoms with Gasteiger partial charge in [0.25, 0.3) is 5.91 Å². The highest BCUT2D eigenvalue weighted by atomic mass is 16.6. The van der Waals surface area contributed by atoms with Gasteiger partial charge in [-0.15, -0.1) is 0 Å². The van der Waals surface area contributed by atoms with Crippen LogP contribution >= 0.6 is 0 Å². The van der Waals surface area contributed by atoms with Crippen molar-refractivity contribution in [3.63, 3.8) is 0 Å². The summed E-state index contributed by atoms with van der Waals surface area (Å²) in [5.41, 5.74) is 1.36. The normalized spacial score (nSPS) is 18.6. The summed E-state index contributed by atoms with van der Waals surface area (Å²) in [6, 6.07) is 12.6. The average molecular weight is 395 g/mol. The van der Waals surface area contributed by atoms with Gasteiger partial charge in [0.1, 0.15) is 18.4 Å². The Labute approximate surface area is 167 Å². The van der Waals surface area contributed by atoms with Crippen LogP contribution in [0.15, 0.2) is 48.5 Å². The van der Waals surface area contributed by atoms with Gasteiger partial charge in [0.05, 0.1) is 12.1 Å². The first-order chi connectivity index (χ1) is 14.0. The molecule has 2 saturated heterocycles. The topological polar surface area (TPSA) is 99.2 Å². The maximum atomic E-state index is 12.9. The Morgan fingerprint density at radius 3 is 2.69 bits per heavy atom. The molecular weight excluding hydrogens is 374 g/mol. The summed E-state index contributed by atoms with van der Waals surface area (Å²) in [5, 5.41) is 12.8. The van der Waals surface area contributed by atoms with E-state index in [0.29, 0.717) is 43.9 Å². The van der Waals surface area contributed by atoms with E-state index in [-0.39, 0.29) is 23.1 Å². The molecule has 0 radical (unpaired) electrons. The molecule has 0 bridgehead atoms. The van der Waals surface area contributed by atoms with Crippen molar-refractivity contribution in [3.05, 3.63) is 54.1 Å². The molecule has 0 aromatic heterocycles. The number of phenolic OH excluding ortho intramolecular Hbond substituents is 1. The Morgan fingerprint density at radius 2 is 1.93 bits per heavy atom. The second kappa shape index (κ2) is 7.83. The summed E-state index contributed by atoms with van der Waals surface area (Å²) in [4.78, 5) is 40.4. The van der Waals surface area contributed by atoms with Crippen molar-refractivity contribution in [1.82, 2.24) is 4.90 Å². The number of phenols is 1. The van der Waals surface area contributed by atoms with E-state index in [1.165, 1.54) is 15.9 Å². The maximum Gasteiger partial charge on any atom is 0.414 e. The molecule has 150 valence electrons. The molecular formula is C21H21N3O5. The zero-order chi connectivity index (χ0) is 20.4. The van der Waals surface area contributed by atoms with Crippen LogP contribution in [0.5, 0.6) is 5.75 Å². The van der Waals surface area contributed by atoms with Crippen LogP contribution in [0.2, 0.25) is 0 Å². The molecule has 2 aromatic rings.